The Morgan fingerprint density at radius 3 is 2.41 bits per heavy atom. The molecule has 7 nitrogen and oxygen atoms in total. The first-order valence-electron chi connectivity index (χ1n) is 9.65. The van der Waals surface area contributed by atoms with Crippen LogP contribution in [-0.2, 0) is 26.0 Å². The van der Waals surface area contributed by atoms with Crippen LogP contribution in [0, 0.1) is 6.92 Å². The van der Waals surface area contributed by atoms with Crippen molar-refractivity contribution in [3.8, 4) is 0 Å². The Labute approximate surface area is 172 Å². The maximum atomic E-state index is 12.6. The zero-order valence-corrected chi connectivity index (χ0v) is 17.6. The van der Waals surface area contributed by atoms with Gasteiger partial charge in [-0.3, -0.25) is 4.79 Å². The van der Waals surface area contributed by atoms with Crippen molar-refractivity contribution >= 4 is 27.3 Å². The summed E-state index contributed by atoms with van der Waals surface area (Å²) in [6.45, 7) is 6.70. The molecule has 0 bridgehead atoms. The van der Waals surface area contributed by atoms with Crippen LogP contribution in [0.2, 0.25) is 0 Å². The van der Waals surface area contributed by atoms with Gasteiger partial charge in [0.1, 0.15) is 0 Å². The van der Waals surface area contributed by atoms with Gasteiger partial charge in [-0.05, 0) is 54.8 Å². The predicted molar refractivity (Wildman–Crippen MR) is 114 cm³/mol. The molecule has 8 heteroatoms. The molecule has 0 radical (unpaired) electrons. The second-order valence-corrected chi connectivity index (χ2v) is 8.81. The van der Waals surface area contributed by atoms with Crippen molar-refractivity contribution in [2.45, 2.75) is 25.2 Å². The van der Waals surface area contributed by atoms with Gasteiger partial charge >= 0.3 is 0 Å². The van der Waals surface area contributed by atoms with E-state index in [2.05, 4.69) is 27.1 Å². The highest BCUT2D eigenvalue weighted by Crippen LogP contribution is 2.20. The van der Waals surface area contributed by atoms with E-state index in [0.717, 1.165) is 37.6 Å². The zero-order valence-electron chi connectivity index (χ0n) is 16.8. The van der Waals surface area contributed by atoms with Gasteiger partial charge in [-0.2, -0.15) is 0 Å². The van der Waals surface area contributed by atoms with E-state index in [0.29, 0.717) is 24.2 Å². The maximum Gasteiger partial charge on any atom is 0.240 e. The summed E-state index contributed by atoms with van der Waals surface area (Å²) in [6, 6.07) is 13.0. The van der Waals surface area contributed by atoms with E-state index in [1.807, 2.05) is 12.1 Å². The molecule has 1 fully saturated rings. The lowest BCUT2D eigenvalue weighted by atomic mass is 10.1. The highest BCUT2D eigenvalue weighted by Gasteiger charge is 2.17. The standard InChI is InChI=1S/C21H27N3O4S/c1-16-15-19(23-17(2)25)5-8-21(16)29(26,27)22-10-9-18-3-6-20(7-4-18)24-11-13-28-14-12-24/h3-8,15,22H,9-14H2,1-2H3,(H,23,25). The van der Waals surface area contributed by atoms with Gasteiger partial charge in [0.25, 0.3) is 0 Å². The van der Waals surface area contributed by atoms with E-state index >= 15 is 0 Å². The van der Waals surface area contributed by atoms with E-state index in [9.17, 15) is 13.2 Å². The fourth-order valence-corrected chi connectivity index (χ4v) is 4.59. The molecular formula is C21H27N3O4S. The van der Waals surface area contributed by atoms with Crippen molar-refractivity contribution in [3.63, 3.8) is 0 Å². The minimum absolute atomic E-state index is 0.197. The van der Waals surface area contributed by atoms with Crippen LogP contribution in [0.5, 0.6) is 0 Å². The summed E-state index contributed by atoms with van der Waals surface area (Å²) in [4.78, 5) is 13.6. The number of morpholine rings is 1. The maximum absolute atomic E-state index is 12.6. The third-order valence-electron chi connectivity index (χ3n) is 4.80. The number of carbonyl (C=O) groups is 1. The van der Waals surface area contributed by atoms with Gasteiger partial charge in [-0.25, -0.2) is 13.1 Å². The molecular weight excluding hydrogens is 390 g/mol. The third kappa shape index (κ3) is 5.79. The molecule has 2 N–H and O–H groups in total. The molecule has 156 valence electrons. The smallest absolute Gasteiger partial charge is 0.240 e. The van der Waals surface area contributed by atoms with Crippen LogP contribution in [-0.4, -0.2) is 47.2 Å². The fourth-order valence-electron chi connectivity index (χ4n) is 3.33. The topological polar surface area (TPSA) is 87.7 Å². The summed E-state index contributed by atoms with van der Waals surface area (Å²) in [5.41, 5.74) is 3.39. The second kappa shape index (κ2) is 9.39. The molecule has 0 atom stereocenters. The van der Waals surface area contributed by atoms with Crippen molar-refractivity contribution in [2.24, 2.45) is 0 Å². The lowest BCUT2D eigenvalue weighted by molar-refractivity contribution is -0.114. The minimum Gasteiger partial charge on any atom is -0.378 e. The lowest BCUT2D eigenvalue weighted by Crippen LogP contribution is -2.36. The SMILES string of the molecule is CC(=O)Nc1ccc(S(=O)(=O)NCCc2ccc(N3CCOCC3)cc2)c(C)c1. The van der Waals surface area contributed by atoms with Crippen LogP contribution in [0.15, 0.2) is 47.4 Å². The molecule has 0 saturated carbocycles. The number of hydrogen-bond donors (Lipinski definition) is 2. The summed E-state index contributed by atoms with van der Waals surface area (Å²) in [6.07, 6.45) is 0.603. The molecule has 1 saturated heterocycles. The molecule has 1 aliphatic heterocycles. The number of aryl methyl sites for hydroxylation is 1. The number of rotatable bonds is 7. The minimum atomic E-state index is -3.62. The molecule has 0 aliphatic carbocycles. The number of nitrogens with zero attached hydrogens (tertiary/aromatic N) is 1. The molecule has 1 aliphatic rings. The van der Waals surface area contributed by atoms with Crippen molar-refractivity contribution in [3.05, 3.63) is 53.6 Å². The van der Waals surface area contributed by atoms with E-state index in [1.54, 1.807) is 19.1 Å². The summed E-state index contributed by atoms with van der Waals surface area (Å²) in [5, 5.41) is 2.65. The normalized spacial score (nSPS) is 14.6. The molecule has 1 amide bonds. The molecule has 2 aromatic carbocycles. The Morgan fingerprint density at radius 2 is 1.79 bits per heavy atom. The van der Waals surface area contributed by atoms with Crippen LogP contribution in [0.25, 0.3) is 0 Å². The van der Waals surface area contributed by atoms with Crippen LogP contribution < -0.4 is 14.9 Å². The number of sulfonamides is 1. The van der Waals surface area contributed by atoms with Crippen LogP contribution in [0.3, 0.4) is 0 Å². The highest BCUT2D eigenvalue weighted by molar-refractivity contribution is 7.89. The first kappa shape index (κ1) is 21.3. The quantitative estimate of drug-likeness (QED) is 0.722. The Hall–Kier alpha value is -2.42. The van der Waals surface area contributed by atoms with Crippen molar-refractivity contribution in [2.75, 3.05) is 43.1 Å². The molecule has 0 unspecified atom stereocenters. The lowest BCUT2D eigenvalue weighted by Gasteiger charge is -2.28. The van der Waals surface area contributed by atoms with Gasteiger partial charge in [-0.15, -0.1) is 0 Å². The van der Waals surface area contributed by atoms with E-state index in [-0.39, 0.29) is 10.8 Å². The molecule has 1 heterocycles. The van der Waals surface area contributed by atoms with E-state index < -0.39 is 10.0 Å². The summed E-state index contributed by atoms with van der Waals surface area (Å²) in [5.74, 6) is -0.197. The number of benzene rings is 2. The summed E-state index contributed by atoms with van der Waals surface area (Å²) in [7, 11) is -3.62. The van der Waals surface area contributed by atoms with Crippen LogP contribution >= 0.6 is 0 Å². The average Bonchev–Trinajstić information content (AvgIpc) is 2.68. The third-order valence-corrected chi connectivity index (χ3v) is 6.42. The Kier molecular flexibility index (Phi) is 6.89. The molecule has 29 heavy (non-hydrogen) atoms. The molecule has 2 aromatic rings. The van der Waals surface area contributed by atoms with Crippen molar-refractivity contribution in [1.29, 1.82) is 0 Å². The van der Waals surface area contributed by atoms with E-state index in [4.69, 9.17) is 4.74 Å². The van der Waals surface area contributed by atoms with E-state index in [1.165, 1.54) is 13.0 Å². The molecule has 0 spiro atoms. The number of hydrogen-bond acceptors (Lipinski definition) is 5. The zero-order chi connectivity index (χ0) is 20.9. The second-order valence-electron chi connectivity index (χ2n) is 7.08. The largest absolute Gasteiger partial charge is 0.378 e. The Morgan fingerprint density at radius 1 is 1.10 bits per heavy atom. The van der Waals surface area contributed by atoms with Gasteiger partial charge in [-0.1, -0.05) is 12.1 Å². The van der Waals surface area contributed by atoms with Gasteiger partial charge < -0.3 is 15.0 Å². The van der Waals surface area contributed by atoms with Gasteiger partial charge in [0.05, 0.1) is 18.1 Å². The first-order chi connectivity index (χ1) is 13.8. The summed E-state index contributed by atoms with van der Waals surface area (Å²) >= 11 is 0. The highest BCUT2D eigenvalue weighted by atomic mass is 32.2. The molecule has 3 rings (SSSR count). The van der Waals surface area contributed by atoms with Crippen molar-refractivity contribution < 1.29 is 17.9 Å². The first-order valence-corrected chi connectivity index (χ1v) is 11.1. The summed E-state index contributed by atoms with van der Waals surface area (Å²) < 4.78 is 33.3. The fraction of sp³-hybridized carbons (Fsp3) is 0.381. The number of amides is 1. The van der Waals surface area contributed by atoms with Gasteiger partial charge in [0.2, 0.25) is 15.9 Å². The monoisotopic (exact) mass is 417 g/mol. The van der Waals surface area contributed by atoms with Crippen LogP contribution in [0.1, 0.15) is 18.1 Å². The number of ether oxygens (including phenoxy) is 1. The van der Waals surface area contributed by atoms with Crippen LogP contribution in [0.4, 0.5) is 11.4 Å². The predicted octanol–water partition coefficient (Wildman–Crippen LogP) is 2.31. The number of nitrogens with one attached hydrogen (secondary N) is 2. The van der Waals surface area contributed by atoms with Crippen molar-refractivity contribution in [1.82, 2.24) is 4.72 Å². The number of carbonyl (C=O) groups excluding carboxylic acids is 1. The van der Waals surface area contributed by atoms with Gasteiger partial charge in [0, 0.05) is 37.9 Å². The molecule has 0 aromatic heterocycles. The Bertz CT molecular complexity index is 952. The Balaban J connectivity index is 1.57. The van der Waals surface area contributed by atoms with Gasteiger partial charge in [0.15, 0.2) is 0 Å². The number of anilines is 2. The average molecular weight is 418 g/mol.